The average Bonchev–Trinajstić information content (AvgIpc) is 2.81. The van der Waals surface area contributed by atoms with Crippen molar-refractivity contribution in [2.75, 3.05) is 19.0 Å². The zero-order chi connectivity index (χ0) is 22.2. The van der Waals surface area contributed by atoms with Crippen molar-refractivity contribution in [3.63, 3.8) is 0 Å². The lowest BCUT2D eigenvalue weighted by Gasteiger charge is -2.15. The van der Waals surface area contributed by atoms with Gasteiger partial charge in [-0.2, -0.15) is 0 Å². The Morgan fingerprint density at radius 3 is 2.65 bits per heavy atom. The van der Waals surface area contributed by atoms with E-state index in [0.717, 1.165) is 16.7 Å². The smallest absolute Gasteiger partial charge is 0.305 e. The molecule has 0 amide bonds. The summed E-state index contributed by atoms with van der Waals surface area (Å²) in [5.41, 5.74) is 2.44. The van der Waals surface area contributed by atoms with Gasteiger partial charge in [0.05, 0.1) is 13.7 Å². The van der Waals surface area contributed by atoms with Crippen molar-refractivity contribution in [2.45, 2.75) is 26.2 Å². The van der Waals surface area contributed by atoms with Crippen LogP contribution >= 0.6 is 0 Å². The van der Waals surface area contributed by atoms with Crippen LogP contribution in [0.2, 0.25) is 0 Å². The number of nitrogens with zero attached hydrogens (tertiary/aromatic N) is 1. The van der Waals surface area contributed by atoms with E-state index in [1.807, 2.05) is 36.4 Å². The third kappa shape index (κ3) is 5.25. The first-order valence-corrected chi connectivity index (χ1v) is 10.1. The van der Waals surface area contributed by atoms with Crippen molar-refractivity contribution in [3.05, 3.63) is 86.4 Å². The van der Waals surface area contributed by atoms with E-state index < -0.39 is 10.9 Å². The summed E-state index contributed by atoms with van der Waals surface area (Å²) in [6, 6.07) is 11.3. The molecule has 31 heavy (non-hydrogen) atoms. The molecule has 0 atom stereocenters. The minimum absolute atomic E-state index is 0.0729. The second kappa shape index (κ2) is 10.3. The van der Waals surface area contributed by atoms with Crippen LogP contribution in [0.4, 0.5) is 11.4 Å². The zero-order valence-electron chi connectivity index (χ0n) is 17.5. The van der Waals surface area contributed by atoms with Crippen molar-refractivity contribution < 1.29 is 14.3 Å². The summed E-state index contributed by atoms with van der Waals surface area (Å²) < 4.78 is 9.97. The molecule has 1 N–H and O–H groups in total. The molecule has 1 heterocycles. The van der Waals surface area contributed by atoms with Crippen LogP contribution in [0.25, 0.3) is 5.57 Å². The highest BCUT2D eigenvalue weighted by Crippen LogP contribution is 2.28. The van der Waals surface area contributed by atoms with Crippen molar-refractivity contribution in [3.8, 4) is 5.75 Å². The second-order valence-electron chi connectivity index (χ2n) is 6.83. The maximum atomic E-state index is 11.9. The molecule has 3 rings (SSSR count). The van der Waals surface area contributed by atoms with E-state index in [0.29, 0.717) is 31.6 Å². The average molecular weight is 420 g/mol. The molecule has 0 aliphatic carbocycles. The van der Waals surface area contributed by atoms with Crippen LogP contribution in [0.5, 0.6) is 5.75 Å². The van der Waals surface area contributed by atoms with Crippen LogP contribution in [-0.4, -0.2) is 24.7 Å². The molecular weight excluding hydrogens is 396 g/mol. The molecule has 3 aromatic rings. The van der Waals surface area contributed by atoms with E-state index >= 15 is 0 Å². The summed E-state index contributed by atoms with van der Waals surface area (Å²) in [4.78, 5) is 39.2. The molecule has 7 heteroatoms. The molecule has 7 nitrogen and oxygen atoms in total. The first-order chi connectivity index (χ1) is 15.0. The number of aromatic nitrogens is 1. The number of esters is 1. The number of anilines is 2. The van der Waals surface area contributed by atoms with Gasteiger partial charge < -0.3 is 14.8 Å². The fourth-order valence-corrected chi connectivity index (χ4v) is 3.19. The fourth-order valence-electron chi connectivity index (χ4n) is 3.19. The van der Waals surface area contributed by atoms with Gasteiger partial charge in [-0.15, -0.1) is 0 Å². The summed E-state index contributed by atoms with van der Waals surface area (Å²) in [6.45, 7) is 2.06. The number of allylic oxidation sites excluding steroid dienone is 1. The molecule has 0 spiro atoms. The molecule has 0 aliphatic heterocycles. The van der Waals surface area contributed by atoms with Gasteiger partial charge in [0.15, 0.2) is 5.75 Å². The van der Waals surface area contributed by atoms with Crippen molar-refractivity contribution in [1.29, 1.82) is 0 Å². The normalized spacial score (nSPS) is 11.4. The number of methoxy groups -OCH3 is 1. The molecule has 0 unspecified atom stereocenters. The monoisotopic (exact) mass is 420 g/mol. The molecule has 0 saturated heterocycles. The van der Waals surface area contributed by atoms with Gasteiger partial charge in [0.2, 0.25) is 0 Å². The molecule has 0 saturated carbocycles. The number of hydrogen-bond acceptors (Lipinski definition) is 7. The third-order valence-corrected chi connectivity index (χ3v) is 4.73. The van der Waals surface area contributed by atoms with Crippen LogP contribution in [0.3, 0.4) is 0 Å². The maximum absolute atomic E-state index is 11.9. The van der Waals surface area contributed by atoms with Gasteiger partial charge in [0, 0.05) is 30.1 Å². The Labute approximate surface area is 180 Å². The Kier molecular flexibility index (Phi) is 7.32. The van der Waals surface area contributed by atoms with Gasteiger partial charge in [-0.3, -0.25) is 19.4 Å². The van der Waals surface area contributed by atoms with E-state index in [1.54, 1.807) is 19.3 Å². The highest BCUT2D eigenvalue weighted by atomic mass is 16.5. The number of carbonyl (C=O) groups excluding carboxylic acids is 1. The van der Waals surface area contributed by atoms with Gasteiger partial charge in [-0.25, -0.2) is 0 Å². The number of unbranched alkanes of at least 4 members (excludes halogenated alkanes) is 1. The lowest BCUT2D eigenvalue weighted by molar-refractivity contribution is -0.140. The van der Waals surface area contributed by atoms with E-state index in [4.69, 9.17) is 9.47 Å². The molecule has 0 fully saturated rings. The van der Waals surface area contributed by atoms with Gasteiger partial charge in [0.25, 0.3) is 10.9 Å². The third-order valence-electron chi connectivity index (χ3n) is 4.73. The number of rotatable bonds is 10. The van der Waals surface area contributed by atoms with Crippen molar-refractivity contribution in [1.82, 2.24) is 4.98 Å². The Hall–Kier alpha value is -3.74. The number of pyridine rings is 1. The van der Waals surface area contributed by atoms with Gasteiger partial charge in [-0.05, 0) is 49.1 Å². The maximum Gasteiger partial charge on any atom is 0.305 e. The number of benzene rings is 1. The standard InChI is InChI=1S/C24H24N2O5/c1-3-31-24-21(22(28)23(24)29)26-18-10-6-8-16(14-18)19(17-9-7-13-25-15-17)11-4-5-12-20(27)30-2/h6-11,13-15,26H,3-5,12H2,1-2H3/b19-11+. The predicted octanol–water partition coefficient (Wildman–Crippen LogP) is 3.59. The fraction of sp³-hybridized carbons (Fsp3) is 0.250. The first-order valence-electron chi connectivity index (χ1n) is 10.1. The number of carbonyl (C=O) groups is 1. The lowest BCUT2D eigenvalue weighted by Crippen LogP contribution is -2.35. The van der Waals surface area contributed by atoms with E-state index in [2.05, 4.69) is 16.4 Å². The number of ether oxygens (including phenoxy) is 2. The number of nitrogens with one attached hydrogen (secondary N) is 1. The molecule has 2 aromatic carbocycles. The molecule has 0 aliphatic rings. The second-order valence-corrected chi connectivity index (χ2v) is 6.83. The van der Waals surface area contributed by atoms with Crippen LogP contribution < -0.4 is 20.9 Å². The molecule has 160 valence electrons. The largest absolute Gasteiger partial charge is 0.488 e. The zero-order valence-corrected chi connectivity index (χ0v) is 17.5. The summed E-state index contributed by atoms with van der Waals surface area (Å²) in [5.74, 6) is -0.163. The lowest BCUT2D eigenvalue weighted by atomic mass is 9.97. The number of hydrogen-bond donors (Lipinski definition) is 1. The van der Waals surface area contributed by atoms with Crippen LogP contribution in [0, 0.1) is 0 Å². The molecule has 0 radical (unpaired) electrons. The summed E-state index contributed by atoms with van der Waals surface area (Å²) in [7, 11) is 1.38. The van der Waals surface area contributed by atoms with Crippen molar-refractivity contribution >= 4 is 22.9 Å². The van der Waals surface area contributed by atoms with Crippen molar-refractivity contribution in [2.24, 2.45) is 0 Å². The Morgan fingerprint density at radius 2 is 1.94 bits per heavy atom. The molecule has 0 bridgehead atoms. The summed E-state index contributed by atoms with van der Waals surface area (Å²) >= 11 is 0. The predicted molar refractivity (Wildman–Crippen MR) is 119 cm³/mol. The molecular formula is C24H24N2O5. The quantitative estimate of drug-likeness (QED) is 0.304. The first kappa shape index (κ1) is 22.0. The highest BCUT2D eigenvalue weighted by molar-refractivity contribution is 5.82. The van der Waals surface area contributed by atoms with Crippen LogP contribution in [-0.2, 0) is 9.53 Å². The van der Waals surface area contributed by atoms with Crippen LogP contribution in [0.1, 0.15) is 37.3 Å². The topological polar surface area (TPSA) is 94.6 Å². The van der Waals surface area contributed by atoms with Gasteiger partial charge in [-0.1, -0.05) is 24.3 Å². The Morgan fingerprint density at radius 1 is 1.13 bits per heavy atom. The highest BCUT2D eigenvalue weighted by Gasteiger charge is 2.22. The SMILES string of the molecule is CCOc1c(Nc2cccc(/C(=C\CCCC(=O)OC)c3cccnc3)c2)c(=O)c1=O. The molecule has 1 aromatic heterocycles. The summed E-state index contributed by atoms with van der Waals surface area (Å²) in [6.07, 6.45) is 7.23. The minimum Gasteiger partial charge on any atom is -0.488 e. The minimum atomic E-state index is -0.609. The van der Waals surface area contributed by atoms with E-state index in [9.17, 15) is 14.4 Å². The Balaban J connectivity index is 1.87. The van der Waals surface area contributed by atoms with Gasteiger partial charge in [0.1, 0.15) is 5.69 Å². The van der Waals surface area contributed by atoms with Crippen LogP contribution in [0.15, 0.2) is 64.5 Å². The van der Waals surface area contributed by atoms with E-state index in [-0.39, 0.29) is 17.4 Å². The summed E-state index contributed by atoms with van der Waals surface area (Å²) in [5, 5.41) is 3.01. The Bertz CT molecular complexity index is 1140. The van der Waals surface area contributed by atoms with Gasteiger partial charge >= 0.3 is 5.97 Å². The van der Waals surface area contributed by atoms with E-state index in [1.165, 1.54) is 7.11 Å².